The topological polar surface area (TPSA) is 65.4 Å². The molecule has 0 aromatic heterocycles. The fourth-order valence-electron chi connectivity index (χ4n) is 2.14. The Hall–Kier alpha value is -1.88. The number of rotatable bonds is 2. The van der Waals surface area contributed by atoms with Crippen LogP contribution >= 0.6 is 0 Å². The van der Waals surface area contributed by atoms with Crippen LogP contribution < -0.4 is 5.32 Å². The van der Waals surface area contributed by atoms with E-state index in [1.54, 1.807) is 18.0 Å². The molecule has 5 heteroatoms. The highest BCUT2D eigenvalue weighted by Crippen LogP contribution is 2.13. The number of amidine groups is 1. The highest BCUT2D eigenvalue weighted by Gasteiger charge is 2.19. The molecule has 5 nitrogen and oxygen atoms in total. The number of aryl methyl sites for hydroxylation is 1. The summed E-state index contributed by atoms with van der Waals surface area (Å²) in [5.74, 6) is 0.330. The smallest absolute Gasteiger partial charge is 0.254 e. The van der Waals surface area contributed by atoms with E-state index in [1.807, 2.05) is 19.1 Å². The first-order valence-corrected chi connectivity index (χ1v) is 6.37. The quantitative estimate of drug-likeness (QED) is 0.617. The minimum atomic E-state index is 0.0113. The van der Waals surface area contributed by atoms with Crippen LogP contribution in [0.3, 0.4) is 0 Å². The summed E-state index contributed by atoms with van der Waals surface area (Å²) in [7, 11) is 1.70. The first kappa shape index (κ1) is 13.5. The lowest BCUT2D eigenvalue weighted by Crippen LogP contribution is -2.40. The van der Waals surface area contributed by atoms with Crippen molar-refractivity contribution < 1.29 is 9.53 Å². The average Bonchev–Trinajstić information content (AvgIpc) is 2.45. The van der Waals surface area contributed by atoms with Crippen molar-refractivity contribution in [2.45, 2.75) is 6.92 Å². The highest BCUT2D eigenvalue weighted by atomic mass is 16.5. The Bertz CT molecular complexity index is 493. The fraction of sp³-hybridized carbons (Fsp3) is 0.429. The van der Waals surface area contributed by atoms with E-state index in [4.69, 9.17) is 10.1 Å². The monoisotopic (exact) mass is 261 g/mol. The molecule has 0 atom stereocenters. The van der Waals surface area contributed by atoms with E-state index in [2.05, 4.69) is 5.32 Å². The maximum absolute atomic E-state index is 12.4. The van der Waals surface area contributed by atoms with E-state index in [0.717, 1.165) is 11.1 Å². The van der Waals surface area contributed by atoms with E-state index >= 15 is 0 Å². The van der Waals surface area contributed by atoms with Crippen molar-refractivity contribution in [2.75, 3.05) is 33.4 Å². The number of hydrogen-bond donors (Lipinski definition) is 2. The zero-order chi connectivity index (χ0) is 13.8. The molecule has 1 aromatic rings. The molecule has 0 bridgehead atoms. The van der Waals surface area contributed by atoms with Crippen molar-refractivity contribution >= 4 is 11.7 Å². The molecule has 2 N–H and O–H groups in total. The van der Waals surface area contributed by atoms with Gasteiger partial charge in [-0.05, 0) is 30.7 Å². The maximum Gasteiger partial charge on any atom is 0.254 e. The summed E-state index contributed by atoms with van der Waals surface area (Å²) in [6.07, 6.45) is 0. The molecule has 2 rings (SSSR count). The Kier molecular flexibility index (Phi) is 4.16. The van der Waals surface area contributed by atoms with Crippen molar-refractivity contribution in [3.05, 3.63) is 34.9 Å². The summed E-state index contributed by atoms with van der Waals surface area (Å²) in [5, 5.41) is 10.6. The van der Waals surface area contributed by atoms with E-state index in [-0.39, 0.29) is 5.91 Å². The number of nitrogens with zero attached hydrogens (tertiary/aromatic N) is 1. The lowest BCUT2D eigenvalue weighted by Gasteiger charge is -2.27. The van der Waals surface area contributed by atoms with Gasteiger partial charge in [-0.25, -0.2) is 0 Å². The van der Waals surface area contributed by atoms with Gasteiger partial charge in [0.05, 0.1) is 13.2 Å². The van der Waals surface area contributed by atoms with Gasteiger partial charge in [0, 0.05) is 31.3 Å². The summed E-state index contributed by atoms with van der Waals surface area (Å²) in [4.78, 5) is 14.2. The first-order valence-electron chi connectivity index (χ1n) is 6.37. The largest absolute Gasteiger partial charge is 0.378 e. The zero-order valence-electron chi connectivity index (χ0n) is 11.3. The molecule has 0 spiro atoms. The van der Waals surface area contributed by atoms with Gasteiger partial charge in [-0.1, -0.05) is 0 Å². The highest BCUT2D eigenvalue weighted by molar-refractivity contribution is 6.01. The summed E-state index contributed by atoms with van der Waals surface area (Å²) < 4.78 is 5.25. The molecule has 0 unspecified atom stereocenters. The van der Waals surface area contributed by atoms with Gasteiger partial charge in [-0.15, -0.1) is 0 Å². The van der Waals surface area contributed by atoms with Gasteiger partial charge in [0.2, 0.25) is 0 Å². The molecular weight excluding hydrogens is 242 g/mol. The molecule has 1 amide bonds. The normalized spacial score (nSPS) is 15.2. The zero-order valence-corrected chi connectivity index (χ0v) is 11.3. The van der Waals surface area contributed by atoms with Crippen LogP contribution in [-0.4, -0.2) is 50.0 Å². The van der Waals surface area contributed by atoms with Crippen LogP contribution in [0.2, 0.25) is 0 Å². The summed E-state index contributed by atoms with van der Waals surface area (Å²) in [6.45, 7) is 4.38. The maximum atomic E-state index is 12.4. The summed E-state index contributed by atoms with van der Waals surface area (Å²) >= 11 is 0. The second kappa shape index (κ2) is 5.84. The minimum absolute atomic E-state index is 0.0113. The van der Waals surface area contributed by atoms with Crippen molar-refractivity contribution in [2.24, 2.45) is 0 Å². The molecule has 0 radical (unpaired) electrons. The lowest BCUT2D eigenvalue weighted by molar-refractivity contribution is 0.0303. The number of carbonyl (C=O) groups excluding carboxylic acids is 1. The Morgan fingerprint density at radius 3 is 2.53 bits per heavy atom. The van der Waals surface area contributed by atoms with Crippen LogP contribution in [0, 0.1) is 12.3 Å². The molecule has 1 fully saturated rings. The lowest BCUT2D eigenvalue weighted by atomic mass is 10.0. The molecule has 1 aliphatic rings. The standard InChI is InChI=1S/C14H19N3O2/c1-10-7-11(13(15)16-2)9-12(8-10)14(18)17-3-5-19-6-4-17/h7-9H,3-6H2,1-2H3,(H2,15,16). The fourth-order valence-corrected chi connectivity index (χ4v) is 2.14. The van der Waals surface area contributed by atoms with Crippen LogP contribution in [0.4, 0.5) is 0 Å². The number of morpholine rings is 1. The third-order valence-electron chi connectivity index (χ3n) is 3.16. The molecule has 1 aromatic carbocycles. The number of hydrogen-bond acceptors (Lipinski definition) is 3. The van der Waals surface area contributed by atoms with E-state index in [9.17, 15) is 4.79 Å². The number of nitrogens with one attached hydrogen (secondary N) is 2. The van der Waals surface area contributed by atoms with E-state index in [1.165, 1.54) is 0 Å². The van der Waals surface area contributed by atoms with Crippen molar-refractivity contribution in [3.8, 4) is 0 Å². The Morgan fingerprint density at radius 2 is 1.89 bits per heavy atom. The SMILES string of the molecule is CNC(=N)c1cc(C)cc(C(=O)N2CCOCC2)c1. The van der Waals surface area contributed by atoms with Gasteiger partial charge in [0.1, 0.15) is 5.84 Å². The number of ether oxygens (including phenoxy) is 1. The second-order valence-electron chi connectivity index (χ2n) is 4.62. The van der Waals surface area contributed by atoms with E-state index < -0.39 is 0 Å². The Morgan fingerprint density at radius 1 is 1.26 bits per heavy atom. The molecule has 0 aliphatic carbocycles. The predicted octanol–water partition coefficient (Wildman–Crippen LogP) is 1.01. The second-order valence-corrected chi connectivity index (χ2v) is 4.62. The van der Waals surface area contributed by atoms with Gasteiger partial charge in [0.15, 0.2) is 0 Å². The third-order valence-corrected chi connectivity index (χ3v) is 3.16. The summed E-state index contributed by atoms with van der Waals surface area (Å²) in [5.41, 5.74) is 2.35. The van der Waals surface area contributed by atoms with Crippen LogP contribution in [0.1, 0.15) is 21.5 Å². The number of carbonyl (C=O) groups is 1. The third kappa shape index (κ3) is 3.12. The molecule has 1 saturated heterocycles. The van der Waals surface area contributed by atoms with Gasteiger partial charge in [0.25, 0.3) is 5.91 Å². The van der Waals surface area contributed by atoms with Crippen LogP contribution in [0.15, 0.2) is 18.2 Å². The van der Waals surface area contributed by atoms with Crippen LogP contribution in [0.25, 0.3) is 0 Å². The van der Waals surface area contributed by atoms with Crippen molar-refractivity contribution in [1.29, 1.82) is 5.41 Å². The number of benzene rings is 1. The molecule has 19 heavy (non-hydrogen) atoms. The first-order chi connectivity index (χ1) is 9.11. The molecule has 1 aliphatic heterocycles. The van der Waals surface area contributed by atoms with Crippen LogP contribution in [0.5, 0.6) is 0 Å². The molecular formula is C14H19N3O2. The minimum Gasteiger partial charge on any atom is -0.378 e. The van der Waals surface area contributed by atoms with E-state index in [0.29, 0.717) is 37.7 Å². The molecule has 102 valence electrons. The molecule has 1 heterocycles. The van der Waals surface area contributed by atoms with Gasteiger partial charge in [-0.2, -0.15) is 0 Å². The van der Waals surface area contributed by atoms with Crippen LogP contribution in [-0.2, 0) is 4.74 Å². The molecule has 0 saturated carbocycles. The van der Waals surface area contributed by atoms with Gasteiger partial charge in [-0.3, -0.25) is 10.2 Å². The Balaban J connectivity index is 2.25. The summed E-state index contributed by atoms with van der Waals surface area (Å²) in [6, 6.07) is 5.53. The van der Waals surface area contributed by atoms with Crippen molar-refractivity contribution in [1.82, 2.24) is 10.2 Å². The van der Waals surface area contributed by atoms with Gasteiger partial charge >= 0.3 is 0 Å². The predicted molar refractivity (Wildman–Crippen MR) is 73.8 cm³/mol. The van der Waals surface area contributed by atoms with Gasteiger partial charge < -0.3 is 15.0 Å². The Labute approximate surface area is 113 Å². The average molecular weight is 261 g/mol. The van der Waals surface area contributed by atoms with Crippen molar-refractivity contribution in [3.63, 3.8) is 0 Å². The number of amides is 1.